The molecule has 0 saturated carbocycles. The molecule has 3 nitrogen and oxygen atoms in total. The lowest BCUT2D eigenvalue weighted by Gasteiger charge is -2.06. The molecule has 0 radical (unpaired) electrons. The maximum atomic E-state index is 9.05. The average molecular weight is 236 g/mol. The molecule has 0 saturated heterocycles. The zero-order valence-corrected chi connectivity index (χ0v) is 11.3. The molecule has 3 N–H and O–H groups in total. The molecule has 0 atom stereocenters. The van der Waals surface area contributed by atoms with E-state index in [1.807, 2.05) is 46.0 Å². The summed E-state index contributed by atoms with van der Waals surface area (Å²) < 4.78 is 0. The van der Waals surface area contributed by atoms with Crippen LogP contribution in [-0.2, 0) is 4.79 Å². The highest BCUT2D eigenvalue weighted by molar-refractivity contribution is 5.73. The summed E-state index contributed by atoms with van der Waals surface area (Å²) in [4.78, 5) is 9.05. The third kappa shape index (κ3) is 8.22. The monoisotopic (exact) mass is 236 g/mol. The molecule has 0 aromatic heterocycles. The first-order valence-corrected chi connectivity index (χ1v) is 5.73. The van der Waals surface area contributed by atoms with Crippen LogP contribution in [-0.4, -0.2) is 19.9 Å². The highest BCUT2D eigenvalue weighted by Crippen LogP contribution is 2.20. The molecule has 0 fully saturated rings. The van der Waals surface area contributed by atoms with Crippen LogP contribution in [0.1, 0.15) is 26.3 Å². The molecule has 0 heterocycles. The lowest BCUT2D eigenvalue weighted by molar-refractivity contribution is -0.106. The molecule has 0 aliphatic heterocycles. The van der Waals surface area contributed by atoms with Crippen molar-refractivity contribution in [1.82, 2.24) is 0 Å². The van der Waals surface area contributed by atoms with Crippen molar-refractivity contribution in [3.05, 3.63) is 36.4 Å². The number of aldehydes is 1. The van der Waals surface area contributed by atoms with Crippen LogP contribution >= 0.6 is 0 Å². The first kappa shape index (κ1) is 17.8. The minimum absolute atomic E-state index is 0.139. The van der Waals surface area contributed by atoms with Gasteiger partial charge in [-0.1, -0.05) is 38.6 Å². The van der Waals surface area contributed by atoms with Crippen LogP contribution in [0.5, 0.6) is 0 Å². The summed E-state index contributed by atoms with van der Waals surface area (Å²) in [5.41, 5.74) is 8.08. The highest BCUT2D eigenvalue weighted by atomic mass is 16.1. The summed E-state index contributed by atoms with van der Waals surface area (Å²) >= 11 is 0. The molecule has 0 unspecified atom stereocenters. The number of allylic oxidation sites excluding steroid dienone is 1. The van der Waals surface area contributed by atoms with E-state index < -0.39 is 0 Å². The third-order valence-corrected chi connectivity index (χ3v) is 1.75. The van der Waals surface area contributed by atoms with E-state index in [0.29, 0.717) is 6.29 Å². The number of nitrogens with one attached hydrogen (secondary N) is 1. The zero-order valence-electron chi connectivity index (χ0n) is 11.3. The second-order valence-corrected chi connectivity index (χ2v) is 2.98. The van der Waals surface area contributed by atoms with E-state index in [9.17, 15) is 0 Å². The Hall–Kier alpha value is -1.61. The predicted molar refractivity (Wildman–Crippen MR) is 77.2 cm³/mol. The molecule has 0 bridgehead atoms. The lowest BCUT2D eigenvalue weighted by atomic mass is 10.1. The molecule has 3 heteroatoms. The van der Waals surface area contributed by atoms with Gasteiger partial charge in [0.15, 0.2) is 0 Å². The van der Waals surface area contributed by atoms with Crippen LogP contribution < -0.4 is 11.1 Å². The second-order valence-electron chi connectivity index (χ2n) is 2.98. The van der Waals surface area contributed by atoms with E-state index in [-0.39, 0.29) is 6.54 Å². The Morgan fingerprint density at radius 1 is 1.41 bits per heavy atom. The van der Waals surface area contributed by atoms with Crippen molar-refractivity contribution in [2.75, 3.05) is 18.9 Å². The van der Waals surface area contributed by atoms with E-state index in [0.717, 1.165) is 11.3 Å². The average Bonchev–Trinajstić information content (AvgIpc) is 2.41. The summed E-state index contributed by atoms with van der Waals surface area (Å²) in [5, 5.41) is 3.12. The van der Waals surface area contributed by atoms with Gasteiger partial charge in [0.1, 0.15) is 6.29 Å². The van der Waals surface area contributed by atoms with Crippen molar-refractivity contribution in [3.63, 3.8) is 0 Å². The van der Waals surface area contributed by atoms with Crippen molar-refractivity contribution in [2.45, 2.75) is 20.8 Å². The van der Waals surface area contributed by atoms with Crippen molar-refractivity contribution in [1.29, 1.82) is 0 Å². The Morgan fingerprint density at radius 3 is 2.18 bits per heavy atom. The molecular weight excluding hydrogens is 212 g/mol. The Kier molecular flexibility index (Phi) is 13.0. The molecule has 1 aromatic carbocycles. The number of nitrogens with two attached hydrogens (primary N) is 1. The number of hydrogen-bond donors (Lipinski definition) is 2. The Labute approximate surface area is 105 Å². The van der Waals surface area contributed by atoms with Gasteiger partial charge in [-0.3, -0.25) is 0 Å². The summed E-state index contributed by atoms with van der Waals surface area (Å²) in [6, 6.07) is 8.14. The van der Waals surface area contributed by atoms with E-state index in [2.05, 4.69) is 23.7 Å². The van der Waals surface area contributed by atoms with E-state index in [1.54, 1.807) is 0 Å². The molecule has 96 valence electrons. The molecule has 0 aliphatic rings. The molecule has 1 rings (SSSR count). The zero-order chi connectivity index (χ0) is 13.7. The van der Waals surface area contributed by atoms with Crippen molar-refractivity contribution in [2.24, 2.45) is 5.73 Å². The summed E-state index contributed by atoms with van der Waals surface area (Å²) in [7, 11) is 1.92. The van der Waals surface area contributed by atoms with Crippen molar-refractivity contribution >= 4 is 17.5 Å². The summed E-state index contributed by atoms with van der Waals surface area (Å²) in [5.74, 6) is 0. The number of hydrogen-bond acceptors (Lipinski definition) is 3. The van der Waals surface area contributed by atoms with E-state index in [4.69, 9.17) is 4.79 Å². The fourth-order valence-electron chi connectivity index (χ4n) is 1.07. The largest absolute Gasteiger partial charge is 0.388 e. The third-order valence-electron chi connectivity index (χ3n) is 1.75. The van der Waals surface area contributed by atoms with Crippen LogP contribution in [0.4, 0.5) is 5.69 Å². The van der Waals surface area contributed by atoms with Crippen LogP contribution in [0.25, 0.3) is 5.57 Å². The second kappa shape index (κ2) is 12.5. The molecule has 0 aliphatic carbocycles. The highest BCUT2D eigenvalue weighted by Gasteiger charge is 1.97. The van der Waals surface area contributed by atoms with Gasteiger partial charge in [-0.2, -0.15) is 0 Å². The lowest BCUT2D eigenvalue weighted by Crippen LogP contribution is -1.97. The number of carbonyl (C=O) groups excluding carboxylic acids is 1. The van der Waals surface area contributed by atoms with Gasteiger partial charge in [-0.25, -0.2) is 0 Å². The molecular formula is C14H24N2O. The quantitative estimate of drug-likeness (QED) is 0.793. The predicted octanol–water partition coefficient (Wildman–Crippen LogP) is 2.93. The number of para-hydroxylation sites is 1. The van der Waals surface area contributed by atoms with Gasteiger partial charge in [0.2, 0.25) is 0 Å². The van der Waals surface area contributed by atoms with Gasteiger partial charge in [0.25, 0.3) is 0 Å². The maximum absolute atomic E-state index is 9.05. The van der Waals surface area contributed by atoms with Crippen molar-refractivity contribution < 1.29 is 4.79 Å². The summed E-state index contributed by atoms with van der Waals surface area (Å²) in [6.07, 6.45) is 0.653. The Morgan fingerprint density at radius 2 is 1.88 bits per heavy atom. The van der Waals surface area contributed by atoms with Gasteiger partial charge >= 0.3 is 0 Å². The standard InChI is InChI=1S/C10H13N.C2H5NO.C2H6/c1-8(2)9-6-4-5-7-10(9)11-3;3-1-2-4;1-2/h4-7,11H,1H2,2-3H3;2H,1,3H2;1-2H3. The minimum Gasteiger partial charge on any atom is -0.388 e. The van der Waals surface area contributed by atoms with Crippen LogP contribution in [0.2, 0.25) is 0 Å². The number of anilines is 1. The number of benzene rings is 1. The van der Waals surface area contributed by atoms with E-state index in [1.165, 1.54) is 5.56 Å². The molecule has 0 spiro atoms. The minimum atomic E-state index is 0.139. The number of rotatable bonds is 3. The smallest absolute Gasteiger partial charge is 0.133 e. The van der Waals surface area contributed by atoms with Crippen molar-refractivity contribution in [3.8, 4) is 0 Å². The van der Waals surface area contributed by atoms with Crippen LogP contribution in [0, 0.1) is 0 Å². The van der Waals surface area contributed by atoms with Gasteiger partial charge in [0.05, 0.1) is 0 Å². The Bertz CT molecular complexity index is 322. The topological polar surface area (TPSA) is 55.1 Å². The normalized spacial score (nSPS) is 7.82. The van der Waals surface area contributed by atoms with Gasteiger partial charge in [-0.05, 0) is 24.1 Å². The first-order valence-electron chi connectivity index (χ1n) is 5.73. The van der Waals surface area contributed by atoms with Crippen LogP contribution in [0.15, 0.2) is 30.8 Å². The SMILES string of the molecule is C=C(C)c1ccccc1NC.CC.NCC=O. The van der Waals surface area contributed by atoms with Gasteiger partial charge in [-0.15, -0.1) is 0 Å². The number of carbonyl (C=O) groups is 1. The molecule has 1 aromatic rings. The van der Waals surface area contributed by atoms with Gasteiger partial charge < -0.3 is 15.8 Å². The summed E-state index contributed by atoms with van der Waals surface area (Å²) in [6.45, 7) is 10.0. The maximum Gasteiger partial charge on any atom is 0.133 e. The first-order chi connectivity index (χ1) is 8.17. The van der Waals surface area contributed by atoms with Crippen LogP contribution in [0.3, 0.4) is 0 Å². The molecule has 0 amide bonds. The Balaban J connectivity index is 0. The fourth-order valence-corrected chi connectivity index (χ4v) is 1.07. The fraction of sp³-hybridized carbons (Fsp3) is 0.357. The van der Waals surface area contributed by atoms with Gasteiger partial charge in [0, 0.05) is 19.3 Å². The molecule has 17 heavy (non-hydrogen) atoms. The van der Waals surface area contributed by atoms with E-state index >= 15 is 0 Å².